The van der Waals surface area contributed by atoms with Crippen LogP contribution >= 0.6 is 11.3 Å². The van der Waals surface area contributed by atoms with Gasteiger partial charge in [0.25, 0.3) is 0 Å². The van der Waals surface area contributed by atoms with Crippen LogP contribution in [-0.4, -0.2) is 42.6 Å². The number of benzene rings is 1. The molecule has 1 aliphatic rings. The molecule has 2 heterocycles. The van der Waals surface area contributed by atoms with Crippen LogP contribution in [0.25, 0.3) is 10.2 Å². The Bertz CT molecular complexity index is 584. The average molecular weight is 276 g/mol. The topological polar surface area (TPSA) is 45.4 Å². The van der Waals surface area contributed by atoms with Crippen LogP contribution < -0.4 is 10.6 Å². The zero-order valence-electron chi connectivity index (χ0n) is 11.5. The number of rotatable bonds is 2. The number of hydrogen-bond acceptors (Lipinski definition) is 5. The van der Waals surface area contributed by atoms with Gasteiger partial charge in [-0.25, -0.2) is 4.98 Å². The van der Waals surface area contributed by atoms with Gasteiger partial charge < -0.3 is 15.5 Å². The van der Waals surface area contributed by atoms with Crippen LogP contribution in [0.4, 0.5) is 11.4 Å². The minimum Gasteiger partial charge on any atom is -0.397 e. The lowest BCUT2D eigenvalue weighted by molar-refractivity contribution is 0.271. The van der Waals surface area contributed by atoms with E-state index in [0.717, 1.165) is 54.6 Å². The number of likely N-dealkylation sites (N-methyl/N-ethyl adjacent to an activating group) is 1. The van der Waals surface area contributed by atoms with Gasteiger partial charge in [0.05, 0.1) is 26.6 Å². The molecule has 5 heteroatoms. The first kappa shape index (κ1) is 12.7. The third-order valence-electron chi connectivity index (χ3n) is 3.80. The number of thiazole rings is 1. The Labute approximate surface area is 117 Å². The zero-order valence-corrected chi connectivity index (χ0v) is 12.3. The fourth-order valence-electron chi connectivity index (χ4n) is 2.67. The molecular weight excluding hydrogens is 256 g/mol. The van der Waals surface area contributed by atoms with Crippen molar-refractivity contribution >= 4 is 32.9 Å². The summed E-state index contributed by atoms with van der Waals surface area (Å²) in [4.78, 5) is 9.42. The Hall–Kier alpha value is -1.33. The Morgan fingerprint density at radius 3 is 2.68 bits per heavy atom. The van der Waals surface area contributed by atoms with Crippen molar-refractivity contribution in [3.63, 3.8) is 0 Å². The van der Waals surface area contributed by atoms with Crippen LogP contribution in [0.2, 0.25) is 0 Å². The summed E-state index contributed by atoms with van der Waals surface area (Å²) < 4.78 is 1.19. The van der Waals surface area contributed by atoms with Gasteiger partial charge in [-0.2, -0.15) is 0 Å². The van der Waals surface area contributed by atoms with Gasteiger partial charge in [0.2, 0.25) is 0 Å². The van der Waals surface area contributed by atoms with Crippen molar-refractivity contribution in [3.8, 4) is 0 Å². The summed E-state index contributed by atoms with van der Waals surface area (Å²) in [5, 5.41) is 1.10. The lowest BCUT2D eigenvalue weighted by Gasteiger charge is -2.36. The number of aryl methyl sites for hydroxylation is 1. The molecule has 2 aromatic rings. The van der Waals surface area contributed by atoms with Crippen molar-refractivity contribution in [2.24, 2.45) is 0 Å². The van der Waals surface area contributed by atoms with Crippen LogP contribution in [0.15, 0.2) is 12.1 Å². The molecule has 0 atom stereocenters. The molecule has 1 fully saturated rings. The number of aromatic nitrogens is 1. The minimum absolute atomic E-state index is 0.876. The Balaban J connectivity index is 1.90. The molecule has 0 radical (unpaired) electrons. The largest absolute Gasteiger partial charge is 0.397 e. The molecule has 0 bridgehead atoms. The highest BCUT2D eigenvalue weighted by Crippen LogP contribution is 2.32. The van der Waals surface area contributed by atoms with E-state index in [0.29, 0.717) is 0 Å². The second kappa shape index (κ2) is 4.98. The molecule has 0 saturated carbocycles. The first-order valence-electron chi connectivity index (χ1n) is 6.81. The molecule has 4 nitrogen and oxygen atoms in total. The van der Waals surface area contributed by atoms with Crippen molar-refractivity contribution in [1.82, 2.24) is 9.88 Å². The smallest absolute Gasteiger partial charge is 0.0907 e. The maximum atomic E-state index is 6.22. The van der Waals surface area contributed by atoms with E-state index in [4.69, 9.17) is 5.73 Å². The Morgan fingerprint density at radius 1 is 1.26 bits per heavy atom. The molecule has 19 heavy (non-hydrogen) atoms. The monoisotopic (exact) mass is 276 g/mol. The van der Waals surface area contributed by atoms with E-state index < -0.39 is 0 Å². The second-order valence-electron chi connectivity index (χ2n) is 5.03. The van der Waals surface area contributed by atoms with Gasteiger partial charge in [0.1, 0.15) is 0 Å². The maximum absolute atomic E-state index is 6.22. The minimum atomic E-state index is 0.876. The van der Waals surface area contributed by atoms with Crippen LogP contribution in [0.1, 0.15) is 11.9 Å². The molecule has 1 aromatic heterocycles. The molecule has 0 spiro atoms. The van der Waals surface area contributed by atoms with Gasteiger partial charge in [-0.15, -0.1) is 11.3 Å². The van der Waals surface area contributed by atoms with Gasteiger partial charge in [0, 0.05) is 26.2 Å². The third-order valence-corrected chi connectivity index (χ3v) is 4.74. The summed E-state index contributed by atoms with van der Waals surface area (Å²) in [5.74, 6) is 0. The maximum Gasteiger partial charge on any atom is 0.0907 e. The zero-order chi connectivity index (χ0) is 13.4. The number of nitrogens with two attached hydrogens (primary N) is 1. The molecule has 1 aromatic carbocycles. The normalized spacial score (nSPS) is 17.3. The number of hydrogen-bond donors (Lipinski definition) is 1. The van der Waals surface area contributed by atoms with Gasteiger partial charge in [0.15, 0.2) is 0 Å². The highest BCUT2D eigenvalue weighted by Gasteiger charge is 2.18. The van der Waals surface area contributed by atoms with E-state index in [1.165, 1.54) is 4.70 Å². The number of nitrogen functional groups attached to an aromatic ring is 1. The van der Waals surface area contributed by atoms with E-state index in [2.05, 4.69) is 33.8 Å². The van der Waals surface area contributed by atoms with Crippen LogP contribution in [0.5, 0.6) is 0 Å². The Kier molecular flexibility index (Phi) is 3.33. The number of nitrogens with zero attached hydrogens (tertiary/aromatic N) is 3. The molecule has 2 N–H and O–H groups in total. The molecule has 0 amide bonds. The number of piperazine rings is 1. The van der Waals surface area contributed by atoms with E-state index in [1.807, 2.05) is 6.92 Å². The standard InChI is InChI=1S/C14H20N4S/c1-3-17-4-6-18(7-5-17)13-9-12-14(8-11(13)15)19-10(2)16-12/h8-9H,3-7,15H2,1-2H3. The predicted octanol–water partition coefficient (Wildman–Crippen LogP) is 2.33. The lowest BCUT2D eigenvalue weighted by Crippen LogP contribution is -2.46. The van der Waals surface area contributed by atoms with E-state index in [9.17, 15) is 0 Å². The molecule has 0 aliphatic carbocycles. The fourth-order valence-corrected chi connectivity index (χ4v) is 3.53. The molecule has 3 rings (SSSR count). The van der Waals surface area contributed by atoms with Crippen molar-refractivity contribution in [2.45, 2.75) is 13.8 Å². The predicted molar refractivity (Wildman–Crippen MR) is 83.1 cm³/mol. The molecule has 1 saturated heterocycles. The van der Waals surface area contributed by atoms with Gasteiger partial charge >= 0.3 is 0 Å². The van der Waals surface area contributed by atoms with Crippen LogP contribution in [0.3, 0.4) is 0 Å². The number of fused-ring (bicyclic) bond motifs is 1. The number of anilines is 2. The van der Waals surface area contributed by atoms with Crippen LogP contribution in [0, 0.1) is 6.92 Å². The average Bonchev–Trinajstić information content (AvgIpc) is 2.77. The summed E-state index contributed by atoms with van der Waals surface area (Å²) in [7, 11) is 0. The fraction of sp³-hybridized carbons (Fsp3) is 0.500. The summed E-state index contributed by atoms with van der Waals surface area (Å²) in [6.45, 7) is 9.72. The third kappa shape index (κ3) is 2.40. The lowest BCUT2D eigenvalue weighted by atomic mass is 10.2. The summed E-state index contributed by atoms with van der Waals surface area (Å²) in [6, 6.07) is 4.22. The molecule has 0 unspecified atom stereocenters. The quantitative estimate of drug-likeness (QED) is 0.855. The molecule has 102 valence electrons. The van der Waals surface area contributed by atoms with Gasteiger partial charge in [-0.05, 0) is 25.6 Å². The first-order chi connectivity index (χ1) is 9.17. The SMILES string of the molecule is CCN1CCN(c2cc3nc(C)sc3cc2N)CC1. The molecule has 1 aliphatic heterocycles. The van der Waals surface area contributed by atoms with Crippen molar-refractivity contribution in [1.29, 1.82) is 0 Å². The van der Waals surface area contributed by atoms with Crippen molar-refractivity contribution in [2.75, 3.05) is 43.4 Å². The highest BCUT2D eigenvalue weighted by atomic mass is 32.1. The van der Waals surface area contributed by atoms with Crippen molar-refractivity contribution in [3.05, 3.63) is 17.1 Å². The summed E-state index contributed by atoms with van der Waals surface area (Å²) in [6.07, 6.45) is 0. The molecular formula is C14H20N4S. The van der Waals surface area contributed by atoms with Gasteiger partial charge in [-0.3, -0.25) is 0 Å². The second-order valence-corrected chi connectivity index (χ2v) is 6.27. The van der Waals surface area contributed by atoms with Gasteiger partial charge in [-0.1, -0.05) is 6.92 Å². The Morgan fingerprint density at radius 2 is 2.00 bits per heavy atom. The van der Waals surface area contributed by atoms with E-state index in [1.54, 1.807) is 11.3 Å². The van der Waals surface area contributed by atoms with E-state index >= 15 is 0 Å². The summed E-state index contributed by atoms with van der Waals surface area (Å²) in [5.41, 5.74) is 9.31. The van der Waals surface area contributed by atoms with E-state index in [-0.39, 0.29) is 0 Å². The van der Waals surface area contributed by atoms with Crippen molar-refractivity contribution < 1.29 is 0 Å². The highest BCUT2D eigenvalue weighted by molar-refractivity contribution is 7.18. The summed E-state index contributed by atoms with van der Waals surface area (Å²) >= 11 is 1.71. The first-order valence-corrected chi connectivity index (χ1v) is 7.63. The van der Waals surface area contributed by atoms with Crippen LogP contribution in [-0.2, 0) is 0 Å².